The van der Waals surface area contributed by atoms with Gasteiger partial charge >= 0.3 is 6.18 Å². The zero-order valence-electron chi connectivity index (χ0n) is 12.5. The quantitative estimate of drug-likeness (QED) is 0.937. The van der Waals surface area contributed by atoms with E-state index in [1.807, 2.05) is 0 Å². The summed E-state index contributed by atoms with van der Waals surface area (Å²) in [5.41, 5.74) is 1.04. The van der Waals surface area contributed by atoms with Crippen LogP contribution in [0.4, 0.5) is 13.2 Å². The number of hydrogen-bond acceptors (Lipinski definition) is 4. The predicted molar refractivity (Wildman–Crippen MR) is 75.7 cm³/mol. The van der Waals surface area contributed by atoms with Crippen molar-refractivity contribution in [2.24, 2.45) is 0 Å². The fourth-order valence-corrected chi connectivity index (χ4v) is 2.00. The fourth-order valence-electron chi connectivity index (χ4n) is 2.00. The van der Waals surface area contributed by atoms with Crippen LogP contribution in [0.3, 0.4) is 0 Å². The largest absolute Gasteiger partial charge is 0.463 e. The molecule has 1 unspecified atom stereocenters. The van der Waals surface area contributed by atoms with Crippen molar-refractivity contribution in [1.82, 2.24) is 9.88 Å². The van der Waals surface area contributed by atoms with E-state index in [9.17, 15) is 18.0 Å². The number of alkyl halides is 3. The summed E-state index contributed by atoms with van der Waals surface area (Å²) in [5, 5.41) is 9.04. The average molecular weight is 328 g/mol. The lowest BCUT2D eigenvalue weighted by atomic mass is 10.1. The molecular formula is C15H15F3N2O3. The van der Waals surface area contributed by atoms with Gasteiger partial charge in [0, 0.05) is 7.05 Å². The van der Waals surface area contributed by atoms with Gasteiger partial charge < -0.3 is 14.4 Å². The summed E-state index contributed by atoms with van der Waals surface area (Å²) in [7, 11) is 1.19. The molecule has 5 nitrogen and oxygen atoms in total. The molecule has 2 aromatic rings. The van der Waals surface area contributed by atoms with E-state index in [1.54, 1.807) is 25.1 Å². The molecule has 0 saturated heterocycles. The highest BCUT2D eigenvalue weighted by Crippen LogP contribution is 2.22. The average Bonchev–Trinajstić information content (AvgIpc) is 2.99. The molecule has 1 atom stereocenters. The Bertz CT molecular complexity index is 684. The number of aromatic nitrogens is 1. The van der Waals surface area contributed by atoms with Gasteiger partial charge in [-0.1, -0.05) is 0 Å². The number of hydrogen-bond donors (Lipinski definition) is 1. The van der Waals surface area contributed by atoms with Crippen LogP contribution in [0.2, 0.25) is 0 Å². The van der Waals surface area contributed by atoms with E-state index in [-0.39, 0.29) is 5.56 Å². The molecule has 8 heteroatoms. The first-order valence-corrected chi connectivity index (χ1v) is 6.72. The second-order valence-corrected chi connectivity index (χ2v) is 5.05. The number of pyridine rings is 1. The number of aliphatic hydroxyl groups excluding tert-OH is 1. The monoisotopic (exact) mass is 328 g/mol. The van der Waals surface area contributed by atoms with Crippen LogP contribution in [-0.4, -0.2) is 46.8 Å². The maximum Gasteiger partial charge on any atom is 0.416 e. The van der Waals surface area contributed by atoms with Gasteiger partial charge in [0.15, 0.2) is 11.9 Å². The normalized spacial score (nSPS) is 13.0. The smallest absolute Gasteiger partial charge is 0.416 e. The number of furan rings is 1. The lowest BCUT2D eigenvalue weighted by Gasteiger charge is -2.23. The Hall–Kier alpha value is -2.35. The number of carbonyl (C=O) groups is 1. The van der Waals surface area contributed by atoms with Crippen LogP contribution in [0.25, 0.3) is 11.5 Å². The topological polar surface area (TPSA) is 66.6 Å². The van der Waals surface area contributed by atoms with Crippen LogP contribution in [0.5, 0.6) is 0 Å². The molecule has 0 saturated carbocycles. The van der Waals surface area contributed by atoms with E-state index in [1.165, 1.54) is 19.4 Å². The Morgan fingerprint density at radius 2 is 2.09 bits per heavy atom. The van der Waals surface area contributed by atoms with Gasteiger partial charge in [-0.15, -0.1) is 0 Å². The van der Waals surface area contributed by atoms with E-state index in [4.69, 9.17) is 9.52 Å². The maximum absolute atomic E-state index is 12.4. The summed E-state index contributed by atoms with van der Waals surface area (Å²) in [5.74, 6) is -0.128. The van der Waals surface area contributed by atoms with Crippen LogP contribution in [0, 0.1) is 6.92 Å². The molecule has 2 heterocycles. The Morgan fingerprint density at radius 3 is 2.61 bits per heavy atom. The molecule has 0 aliphatic rings. The Balaban J connectivity index is 2.16. The molecule has 0 aromatic carbocycles. The molecule has 0 fully saturated rings. The molecule has 23 heavy (non-hydrogen) atoms. The zero-order valence-corrected chi connectivity index (χ0v) is 12.5. The van der Waals surface area contributed by atoms with Gasteiger partial charge in [-0.25, -0.2) is 4.98 Å². The van der Waals surface area contributed by atoms with Crippen LogP contribution in [0.15, 0.2) is 34.9 Å². The Labute approximate surface area is 130 Å². The van der Waals surface area contributed by atoms with E-state index in [2.05, 4.69) is 4.98 Å². The number of aryl methyl sites for hydroxylation is 1. The molecular weight excluding hydrogens is 313 g/mol. The first-order chi connectivity index (χ1) is 10.7. The third kappa shape index (κ3) is 3.89. The minimum atomic E-state index is -4.77. The van der Waals surface area contributed by atoms with Gasteiger partial charge in [0.1, 0.15) is 5.69 Å². The molecule has 1 amide bonds. The van der Waals surface area contributed by atoms with Crippen LogP contribution < -0.4 is 0 Å². The van der Waals surface area contributed by atoms with E-state index in [0.29, 0.717) is 17.1 Å². The molecule has 1 N–H and O–H groups in total. The minimum Gasteiger partial charge on any atom is -0.463 e. The van der Waals surface area contributed by atoms with Crippen molar-refractivity contribution in [2.75, 3.05) is 13.6 Å². The first-order valence-electron chi connectivity index (χ1n) is 6.72. The van der Waals surface area contributed by atoms with Crippen LogP contribution >= 0.6 is 0 Å². The van der Waals surface area contributed by atoms with Gasteiger partial charge in [0.05, 0.1) is 24.1 Å². The van der Waals surface area contributed by atoms with Gasteiger partial charge in [-0.3, -0.25) is 4.79 Å². The van der Waals surface area contributed by atoms with Crippen LogP contribution in [0.1, 0.15) is 16.1 Å². The zero-order chi connectivity index (χ0) is 17.2. The standard InChI is InChI=1S/C15H15F3N2O3/c1-9-10(5-6-11(19-9)12-4-3-7-23-12)14(22)20(2)8-13(21)15(16,17)18/h3-7,13,21H,8H2,1-2H3. The minimum absolute atomic E-state index is 0.164. The highest BCUT2D eigenvalue weighted by Gasteiger charge is 2.39. The number of carbonyl (C=O) groups excluding carboxylic acids is 1. The predicted octanol–water partition coefficient (Wildman–Crippen LogP) is 2.65. The number of likely N-dealkylation sites (N-methyl/N-ethyl adjacent to an activating group) is 1. The van der Waals surface area contributed by atoms with Crippen molar-refractivity contribution in [3.05, 3.63) is 41.8 Å². The molecule has 0 radical (unpaired) electrons. The summed E-state index contributed by atoms with van der Waals surface area (Å²) >= 11 is 0. The number of amides is 1. The van der Waals surface area contributed by atoms with E-state index < -0.39 is 24.7 Å². The summed E-state index contributed by atoms with van der Waals surface area (Å²) < 4.78 is 42.3. The second-order valence-electron chi connectivity index (χ2n) is 5.05. The van der Waals surface area contributed by atoms with Crippen molar-refractivity contribution < 1.29 is 27.5 Å². The highest BCUT2D eigenvalue weighted by atomic mass is 19.4. The molecule has 0 spiro atoms. The summed E-state index contributed by atoms with van der Waals surface area (Å²) in [4.78, 5) is 17.2. The molecule has 0 aliphatic carbocycles. The van der Waals surface area contributed by atoms with Gasteiger partial charge in [-0.05, 0) is 31.2 Å². The molecule has 2 aromatic heterocycles. The molecule has 124 valence electrons. The summed E-state index contributed by atoms with van der Waals surface area (Å²) in [6, 6.07) is 6.42. The lowest BCUT2D eigenvalue weighted by Crippen LogP contribution is -2.42. The number of aliphatic hydroxyl groups is 1. The first kappa shape index (κ1) is 17.0. The van der Waals surface area contributed by atoms with E-state index in [0.717, 1.165) is 4.90 Å². The number of halogens is 3. The third-order valence-electron chi connectivity index (χ3n) is 3.26. The van der Waals surface area contributed by atoms with Gasteiger partial charge in [-0.2, -0.15) is 13.2 Å². The Morgan fingerprint density at radius 1 is 1.39 bits per heavy atom. The van der Waals surface area contributed by atoms with Crippen molar-refractivity contribution in [3.8, 4) is 11.5 Å². The second kappa shape index (κ2) is 6.41. The van der Waals surface area contributed by atoms with Crippen molar-refractivity contribution in [1.29, 1.82) is 0 Å². The maximum atomic E-state index is 12.4. The van der Waals surface area contributed by atoms with Crippen molar-refractivity contribution in [3.63, 3.8) is 0 Å². The number of rotatable bonds is 4. The highest BCUT2D eigenvalue weighted by molar-refractivity contribution is 5.95. The SMILES string of the molecule is Cc1nc(-c2ccco2)ccc1C(=O)N(C)CC(O)C(F)(F)F. The number of nitrogens with zero attached hydrogens (tertiary/aromatic N) is 2. The molecule has 2 rings (SSSR count). The van der Waals surface area contributed by atoms with E-state index >= 15 is 0 Å². The van der Waals surface area contributed by atoms with Gasteiger partial charge in [0.2, 0.25) is 0 Å². The third-order valence-corrected chi connectivity index (χ3v) is 3.26. The molecule has 0 aliphatic heterocycles. The Kier molecular flexibility index (Phi) is 4.74. The summed E-state index contributed by atoms with van der Waals surface area (Å²) in [6.45, 7) is 0.732. The lowest BCUT2D eigenvalue weighted by molar-refractivity contribution is -0.205. The van der Waals surface area contributed by atoms with Gasteiger partial charge in [0.25, 0.3) is 5.91 Å². The van der Waals surface area contributed by atoms with Crippen molar-refractivity contribution in [2.45, 2.75) is 19.2 Å². The fraction of sp³-hybridized carbons (Fsp3) is 0.333. The van der Waals surface area contributed by atoms with Crippen LogP contribution in [-0.2, 0) is 0 Å². The van der Waals surface area contributed by atoms with Crippen molar-refractivity contribution >= 4 is 5.91 Å². The molecule has 0 bridgehead atoms. The summed E-state index contributed by atoms with van der Waals surface area (Å²) in [6.07, 6.45) is -5.88.